The standard InChI is InChI=1S/C25H20O5/c1-27-22-10-6-7-18(24(22)28-2)15-19-16-23(30-25(19)26)17-11-13-21(14-12-17)29-20-8-4-3-5-9-20/h3-16H,1-2H3/b19-15+. The van der Waals surface area contributed by atoms with E-state index < -0.39 is 5.97 Å². The molecular formula is C25H20O5. The van der Waals surface area contributed by atoms with Crippen molar-refractivity contribution in [3.63, 3.8) is 0 Å². The van der Waals surface area contributed by atoms with E-state index in [0.717, 1.165) is 16.9 Å². The summed E-state index contributed by atoms with van der Waals surface area (Å²) in [5.41, 5.74) is 1.94. The molecule has 0 saturated heterocycles. The largest absolute Gasteiger partial charge is 0.493 e. The van der Waals surface area contributed by atoms with Crippen LogP contribution in [0.5, 0.6) is 23.0 Å². The average molecular weight is 400 g/mol. The maximum absolute atomic E-state index is 12.4. The Balaban J connectivity index is 1.57. The second kappa shape index (κ2) is 8.57. The topological polar surface area (TPSA) is 54.0 Å². The molecule has 0 atom stereocenters. The van der Waals surface area contributed by atoms with E-state index in [-0.39, 0.29) is 0 Å². The van der Waals surface area contributed by atoms with Gasteiger partial charge >= 0.3 is 5.97 Å². The minimum Gasteiger partial charge on any atom is -0.493 e. The van der Waals surface area contributed by atoms with Crippen molar-refractivity contribution < 1.29 is 23.7 Å². The fourth-order valence-corrected chi connectivity index (χ4v) is 3.14. The number of hydrogen-bond acceptors (Lipinski definition) is 5. The van der Waals surface area contributed by atoms with Crippen molar-refractivity contribution in [1.29, 1.82) is 0 Å². The van der Waals surface area contributed by atoms with Crippen molar-refractivity contribution in [2.75, 3.05) is 14.2 Å². The summed E-state index contributed by atoms with van der Waals surface area (Å²) in [5, 5.41) is 0. The van der Waals surface area contributed by atoms with E-state index >= 15 is 0 Å². The molecule has 0 aromatic heterocycles. The summed E-state index contributed by atoms with van der Waals surface area (Å²) in [4.78, 5) is 12.4. The Hall–Kier alpha value is -3.99. The number of cyclic esters (lactones) is 1. The quantitative estimate of drug-likeness (QED) is 0.405. The van der Waals surface area contributed by atoms with Crippen LogP contribution in [0, 0.1) is 0 Å². The second-order valence-corrected chi connectivity index (χ2v) is 6.52. The van der Waals surface area contributed by atoms with Crippen molar-refractivity contribution in [2.24, 2.45) is 0 Å². The summed E-state index contributed by atoms with van der Waals surface area (Å²) in [6.45, 7) is 0. The Morgan fingerprint density at radius 3 is 2.23 bits per heavy atom. The van der Waals surface area contributed by atoms with Crippen LogP contribution in [0.4, 0.5) is 0 Å². The lowest BCUT2D eigenvalue weighted by Crippen LogP contribution is -1.98. The van der Waals surface area contributed by atoms with Crippen LogP contribution in [0.2, 0.25) is 0 Å². The number of methoxy groups -OCH3 is 2. The number of carbonyl (C=O) groups excluding carboxylic acids is 1. The maximum Gasteiger partial charge on any atom is 0.343 e. The van der Waals surface area contributed by atoms with Crippen LogP contribution in [0.25, 0.3) is 11.8 Å². The molecule has 0 aliphatic carbocycles. The van der Waals surface area contributed by atoms with Crippen molar-refractivity contribution in [3.8, 4) is 23.0 Å². The molecule has 0 bridgehead atoms. The number of esters is 1. The predicted molar refractivity (Wildman–Crippen MR) is 115 cm³/mol. The highest BCUT2D eigenvalue weighted by Crippen LogP contribution is 2.35. The van der Waals surface area contributed by atoms with E-state index in [2.05, 4.69) is 0 Å². The maximum atomic E-state index is 12.4. The van der Waals surface area contributed by atoms with Crippen LogP contribution in [0.1, 0.15) is 11.1 Å². The Bertz CT molecular complexity index is 1110. The number of carbonyl (C=O) groups is 1. The van der Waals surface area contributed by atoms with Gasteiger partial charge in [-0.3, -0.25) is 0 Å². The fraction of sp³-hybridized carbons (Fsp3) is 0.0800. The van der Waals surface area contributed by atoms with Crippen LogP contribution in [0.3, 0.4) is 0 Å². The highest BCUT2D eigenvalue weighted by Gasteiger charge is 2.23. The molecule has 0 unspecified atom stereocenters. The lowest BCUT2D eigenvalue weighted by molar-refractivity contribution is -0.130. The Morgan fingerprint density at radius 1 is 0.800 bits per heavy atom. The first-order valence-electron chi connectivity index (χ1n) is 9.38. The smallest absolute Gasteiger partial charge is 0.343 e. The van der Waals surface area contributed by atoms with Crippen LogP contribution >= 0.6 is 0 Å². The zero-order valence-electron chi connectivity index (χ0n) is 16.6. The summed E-state index contributed by atoms with van der Waals surface area (Å²) in [7, 11) is 3.13. The molecule has 5 heteroatoms. The van der Waals surface area contributed by atoms with E-state index in [4.69, 9.17) is 18.9 Å². The first-order valence-corrected chi connectivity index (χ1v) is 9.38. The molecule has 0 fully saturated rings. The van der Waals surface area contributed by atoms with Gasteiger partial charge in [0.15, 0.2) is 11.5 Å². The third-order valence-electron chi connectivity index (χ3n) is 4.59. The molecule has 0 saturated carbocycles. The van der Waals surface area contributed by atoms with Gasteiger partial charge in [0, 0.05) is 11.1 Å². The van der Waals surface area contributed by atoms with E-state index in [1.807, 2.05) is 66.7 Å². The first kappa shape index (κ1) is 19.3. The van der Waals surface area contributed by atoms with Crippen LogP contribution in [0.15, 0.2) is 84.4 Å². The first-order chi connectivity index (χ1) is 14.7. The molecule has 3 aromatic carbocycles. The van der Waals surface area contributed by atoms with Crippen molar-refractivity contribution in [1.82, 2.24) is 0 Å². The van der Waals surface area contributed by atoms with Gasteiger partial charge in [-0.15, -0.1) is 0 Å². The van der Waals surface area contributed by atoms with Crippen molar-refractivity contribution >= 4 is 17.8 Å². The van der Waals surface area contributed by atoms with Gasteiger partial charge in [0.1, 0.15) is 17.3 Å². The number of ether oxygens (including phenoxy) is 4. The average Bonchev–Trinajstić information content (AvgIpc) is 3.15. The van der Waals surface area contributed by atoms with Gasteiger partial charge in [-0.25, -0.2) is 4.79 Å². The van der Waals surface area contributed by atoms with Gasteiger partial charge in [0.2, 0.25) is 0 Å². The zero-order valence-corrected chi connectivity index (χ0v) is 16.6. The third-order valence-corrected chi connectivity index (χ3v) is 4.59. The van der Waals surface area contributed by atoms with Crippen molar-refractivity contribution in [2.45, 2.75) is 0 Å². The van der Waals surface area contributed by atoms with Crippen LogP contribution < -0.4 is 14.2 Å². The monoisotopic (exact) mass is 400 g/mol. The Labute approximate surface area is 174 Å². The van der Waals surface area contributed by atoms with Gasteiger partial charge < -0.3 is 18.9 Å². The Kier molecular flexibility index (Phi) is 5.52. The summed E-state index contributed by atoms with van der Waals surface area (Å²) in [5.74, 6) is 2.68. The van der Waals surface area contributed by atoms with E-state index in [1.54, 1.807) is 32.4 Å². The number of para-hydroxylation sites is 2. The SMILES string of the molecule is COc1cccc(/C=C2\C=C(c3ccc(Oc4ccccc4)cc3)OC2=O)c1OC. The summed E-state index contributed by atoms with van der Waals surface area (Å²) in [6.07, 6.45) is 3.44. The number of benzene rings is 3. The Morgan fingerprint density at radius 2 is 1.53 bits per heavy atom. The minimum absolute atomic E-state index is 0.417. The molecule has 0 radical (unpaired) electrons. The molecule has 0 N–H and O–H groups in total. The predicted octanol–water partition coefficient (Wildman–Crippen LogP) is 5.48. The summed E-state index contributed by atoms with van der Waals surface area (Å²) < 4.78 is 22.0. The molecular weight excluding hydrogens is 380 g/mol. The third kappa shape index (κ3) is 4.05. The molecule has 4 rings (SSSR count). The van der Waals surface area contributed by atoms with Crippen molar-refractivity contribution in [3.05, 3.63) is 95.6 Å². The molecule has 0 amide bonds. The molecule has 3 aromatic rings. The molecule has 1 aliphatic rings. The highest BCUT2D eigenvalue weighted by molar-refractivity contribution is 6.05. The summed E-state index contributed by atoms with van der Waals surface area (Å²) >= 11 is 0. The van der Waals surface area contributed by atoms with Gasteiger partial charge in [0.05, 0.1) is 19.8 Å². The second-order valence-electron chi connectivity index (χ2n) is 6.52. The van der Waals surface area contributed by atoms with Gasteiger partial charge in [0.25, 0.3) is 0 Å². The molecule has 1 aliphatic heterocycles. The normalized spacial score (nSPS) is 14.3. The zero-order chi connectivity index (χ0) is 20.9. The molecule has 150 valence electrons. The number of rotatable bonds is 6. The molecule has 1 heterocycles. The lowest BCUT2D eigenvalue weighted by Gasteiger charge is -2.10. The summed E-state index contributed by atoms with van der Waals surface area (Å²) in [6, 6.07) is 22.4. The molecule has 0 spiro atoms. The van der Waals surface area contributed by atoms with E-state index in [1.165, 1.54) is 0 Å². The molecule has 30 heavy (non-hydrogen) atoms. The highest BCUT2D eigenvalue weighted by atomic mass is 16.5. The molecule has 5 nitrogen and oxygen atoms in total. The van der Waals surface area contributed by atoms with Crippen LogP contribution in [-0.4, -0.2) is 20.2 Å². The van der Waals surface area contributed by atoms with Gasteiger partial charge in [-0.1, -0.05) is 30.3 Å². The fourth-order valence-electron chi connectivity index (χ4n) is 3.14. The minimum atomic E-state index is -0.417. The van der Waals surface area contributed by atoms with Gasteiger partial charge in [-0.2, -0.15) is 0 Å². The van der Waals surface area contributed by atoms with Gasteiger partial charge in [-0.05, 0) is 54.6 Å². The van der Waals surface area contributed by atoms with Crippen LogP contribution in [-0.2, 0) is 9.53 Å². The number of hydrogen-bond donors (Lipinski definition) is 0. The lowest BCUT2D eigenvalue weighted by atomic mass is 10.1. The van der Waals surface area contributed by atoms with E-state index in [9.17, 15) is 4.79 Å². The van der Waals surface area contributed by atoms with E-state index in [0.29, 0.717) is 28.6 Å².